The van der Waals surface area contributed by atoms with Gasteiger partial charge in [0.15, 0.2) is 6.61 Å². The molecule has 0 bridgehead atoms. The second-order valence-electron chi connectivity index (χ2n) is 6.89. The van der Waals surface area contributed by atoms with Crippen molar-refractivity contribution in [1.82, 2.24) is 5.32 Å². The van der Waals surface area contributed by atoms with Crippen molar-refractivity contribution in [2.75, 3.05) is 11.9 Å². The minimum Gasteiger partial charge on any atom is -0.452 e. The van der Waals surface area contributed by atoms with Crippen molar-refractivity contribution in [1.29, 1.82) is 0 Å². The van der Waals surface area contributed by atoms with Crippen LogP contribution in [0.5, 0.6) is 0 Å². The van der Waals surface area contributed by atoms with Crippen molar-refractivity contribution >= 4 is 23.6 Å². The zero-order valence-electron chi connectivity index (χ0n) is 15.3. The molecule has 0 unspecified atom stereocenters. The second kappa shape index (κ2) is 8.44. The van der Waals surface area contributed by atoms with E-state index in [9.17, 15) is 18.8 Å². The third-order valence-electron chi connectivity index (χ3n) is 3.70. The Morgan fingerprint density at radius 3 is 2.22 bits per heavy atom. The fourth-order valence-electron chi connectivity index (χ4n) is 2.20. The summed E-state index contributed by atoms with van der Waals surface area (Å²) < 4.78 is 18.3. The molecule has 0 saturated heterocycles. The quantitative estimate of drug-likeness (QED) is 0.803. The van der Waals surface area contributed by atoms with Gasteiger partial charge in [-0.25, -0.2) is 14.0 Å². The van der Waals surface area contributed by atoms with Crippen molar-refractivity contribution in [2.45, 2.75) is 26.2 Å². The van der Waals surface area contributed by atoms with E-state index in [4.69, 9.17) is 4.74 Å². The number of ether oxygens (including phenoxy) is 1. The lowest BCUT2D eigenvalue weighted by Crippen LogP contribution is -2.37. The summed E-state index contributed by atoms with van der Waals surface area (Å²) in [4.78, 5) is 35.4. The number of anilines is 1. The number of esters is 1. The Morgan fingerprint density at radius 2 is 1.63 bits per heavy atom. The summed E-state index contributed by atoms with van der Waals surface area (Å²) >= 11 is 0. The van der Waals surface area contributed by atoms with Crippen LogP contribution in [0.4, 0.5) is 14.9 Å². The maximum atomic E-state index is 13.4. The van der Waals surface area contributed by atoms with E-state index >= 15 is 0 Å². The molecule has 0 aliphatic carbocycles. The number of amides is 3. The summed E-state index contributed by atoms with van der Waals surface area (Å²) in [5.41, 5.74) is 1.24. The third kappa shape index (κ3) is 5.91. The van der Waals surface area contributed by atoms with Gasteiger partial charge in [-0.3, -0.25) is 10.1 Å². The van der Waals surface area contributed by atoms with Crippen molar-refractivity contribution < 1.29 is 23.5 Å². The standard InChI is InChI=1S/C20H21FN2O4/c1-20(2,3)14-10-8-13(9-11-14)18(25)27-12-17(24)23-19(26)22-16-7-5-4-6-15(16)21/h4-11H,12H2,1-3H3,(H2,22,23,24,26). The molecule has 0 aromatic heterocycles. The zero-order valence-corrected chi connectivity index (χ0v) is 15.3. The highest BCUT2D eigenvalue weighted by Crippen LogP contribution is 2.22. The van der Waals surface area contributed by atoms with Gasteiger partial charge < -0.3 is 10.1 Å². The van der Waals surface area contributed by atoms with Gasteiger partial charge in [-0.1, -0.05) is 45.0 Å². The Hall–Kier alpha value is -3.22. The molecule has 6 nitrogen and oxygen atoms in total. The van der Waals surface area contributed by atoms with Crippen molar-refractivity contribution in [2.24, 2.45) is 0 Å². The molecule has 2 aromatic rings. The second-order valence-corrected chi connectivity index (χ2v) is 6.89. The van der Waals surface area contributed by atoms with Gasteiger partial charge in [0.05, 0.1) is 11.3 Å². The SMILES string of the molecule is CC(C)(C)c1ccc(C(=O)OCC(=O)NC(=O)Nc2ccccc2F)cc1. The number of halogens is 1. The summed E-state index contributed by atoms with van der Waals surface area (Å²) in [6.45, 7) is 5.52. The smallest absolute Gasteiger partial charge is 0.338 e. The number of carbonyl (C=O) groups is 3. The molecule has 0 heterocycles. The van der Waals surface area contributed by atoms with Crippen LogP contribution in [0.2, 0.25) is 0 Å². The minimum absolute atomic E-state index is 0.0477. The predicted octanol–water partition coefficient (Wildman–Crippen LogP) is 3.63. The van der Waals surface area contributed by atoms with E-state index in [1.54, 1.807) is 12.1 Å². The van der Waals surface area contributed by atoms with Crippen molar-refractivity contribution in [3.8, 4) is 0 Å². The lowest BCUT2D eigenvalue weighted by atomic mass is 9.87. The third-order valence-corrected chi connectivity index (χ3v) is 3.70. The monoisotopic (exact) mass is 372 g/mol. The Morgan fingerprint density at radius 1 is 1.00 bits per heavy atom. The van der Waals surface area contributed by atoms with E-state index < -0.39 is 30.3 Å². The average Bonchev–Trinajstić information content (AvgIpc) is 2.61. The summed E-state index contributed by atoms with van der Waals surface area (Å²) in [6.07, 6.45) is 0. The number of carbonyl (C=O) groups excluding carboxylic acids is 3. The topological polar surface area (TPSA) is 84.5 Å². The fourth-order valence-corrected chi connectivity index (χ4v) is 2.20. The average molecular weight is 372 g/mol. The highest BCUT2D eigenvalue weighted by molar-refractivity contribution is 6.02. The maximum Gasteiger partial charge on any atom is 0.338 e. The predicted molar refractivity (Wildman–Crippen MR) is 99.0 cm³/mol. The number of imide groups is 1. The van der Waals surface area contributed by atoms with Crippen LogP contribution >= 0.6 is 0 Å². The molecule has 0 fully saturated rings. The van der Waals surface area contributed by atoms with Gasteiger partial charge in [0.1, 0.15) is 5.82 Å². The van der Waals surface area contributed by atoms with Gasteiger partial charge in [-0.15, -0.1) is 0 Å². The first-order valence-corrected chi connectivity index (χ1v) is 8.30. The first kappa shape index (κ1) is 20.1. The van der Waals surface area contributed by atoms with Crippen LogP contribution in [0.15, 0.2) is 48.5 Å². The van der Waals surface area contributed by atoms with Crippen LogP contribution in [-0.2, 0) is 14.9 Å². The number of nitrogens with one attached hydrogen (secondary N) is 2. The number of hydrogen-bond donors (Lipinski definition) is 2. The molecule has 2 aromatic carbocycles. The summed E-state index contributed by atoms with van der Waals surface area (Å²) in [5.74, 6) is -2.14. The molecular weight excluding hydrogens is 351 g/mol. The largest absolute Gasteiger partial charge is 0.452 e. The molecule has 27 heavy (non-hydrogen) atoms. The van der Waals surface area contributed by atoms with Crippen LogP contribution in [0.25, 0.3) is 0 Å². The lowest BCUT2D eigenvalue weighted by Gasteiger charge is -2.18. The van der Waals surface area contributed by atoms with E-state index in [2.05, 4.69) is 26.1 Å². The van der Waals surface area contributed by atoms with Gasteiger partial charge in [-0.2, -0.15) is 0 Å². The number of para-hydroxylation sites is 1. The summed E-state index contributed by atoms with van der Waals surface area (Å²) in [6, 6.07) is 11.5. The molecule has 0 aliphatic rings. The molecule has 142 valence electrons. The van der Waals surface area contributed by atoms with Crippen LogP contribution in [-0.4, -0.2) is 24.5 Å². The summed E-state index contributed by atoms with van der Waals surface area (Å²) in [7, 11) is 0. The summed E-state index contributed by atoms with van der Waals surface area (Å²) in [5, 5.41) is 4.15. The molecule has 2 N–H and O–H groups in total. The fraction of sp³-hybridized carbons (Fsp3) is 0.250. The normalized spacial score (nSPS) is 10.8. The Labute approximate surface area is 156 Å². The highest BCUT2D eigenvalue weighted by atomic mass is 19.1. The first-order chi connectivity index (χ1) is 12.7. The Kier molecular flexibility index (Phi) is 6.28. The Bertz CT molecular complexity index is 842. The Balaban J connectivity index is 1.83. The van der Waals surface area contributed by atoms with Gasteiger partial charge >= 0.3 is 12.0 Å². The van der Waals surface area contributed by atoms with Crippen LogP contribution < -0.4 is 10.6 Å². The van der Waals surface area contributed by atoms with Crippen LogP contribution in [0, 0.1) is 5.82 Å². The van der Waals surface area contributed by atoms with E-state index in [1.807, 2.05) is 17.4 Å². The molecule has 7 heteroatoms. The van der Waals surface area contributed by atoms with Crippen LogP contribution in [0.3, 0.4) is 0 Å². The number of benzene rings is 2. The zero-order chi connectivity index (χ0) is 20.0. The number of hydrogen-bond acceptors (Lipinski definition) is 4. The van der Waals surface area contributed by atoms with Crippen LogP contribution in [0.1, 0.15) is 36.7 Å². The van der Waals surface area contributed by atoms with E-state index in [-0.39, 0.29) is 11.1 Å². The molecule has 3 amide bonds. The van der Waals surface area contributed by atoms with E-state index in [1.165, 1.54) is 24.3 Å². The molecule has 0 radical (unpaired) electrons. The molecule has 0 spiro atoms. The minimum atomic E-state index is -0.921. The van der Waals surface area contributed by atoms with Gasteiger partial charge in [0.2, 0.25) is 0 Å². The van der Waals surface area contributed by atoms with Gasteiger partial charge in [-0.05, 0) is 35.2 Å². The molecule has 0 aliphatic heterocycles. The van der Waals surface area contributed by atoms with E-state index in [0.717, 1.165) is 5.56 Å². The molecule has 0 saturated carbocycles. The molecule has 0 atom stereocenters. The van der Waals surface area contributed by atoms with Gasteiger partial charge in [0, 0.05) is 0 Å². The highest BCUT2D eigenvalue weighted by Gasteiger charge is 2.16. The van der Waals surface area contributed by atoms with Gasteiger partial charge in [0.25, 0.3) is 5.91 Å². The van der Waals surface area contributed by atoms with E-state index in [0.29, 0.717) is 5.56 Å². The maximum absolute atomic E-state index is 13.4. The molecular formula is C20H21FN2O4. The lowest BCUT2D eigenvalue weighted by molar-refractivity contribution is -0.123. The first-order valence-electron chi connectivity index (χ1n) is 8.30. The molecule has 2 rings (SSSR count). The number of urea groups is 1. The van der Waals surface area contributed by atoms with Crippen molar-refractivity contribution in [3.63, 3.8) is 0 Å². The number of rotatable bonds is 4. The van der Waals surface area contributed by atoms with Crippen molar-refractivity contribution in [3.05, 3.63) is 65.5 Å².